The predicted molar refractivity (Wildman–Crippen MR) is 70.6 cm³/mol. The molecule has 2 rings (SSSR count). The van der Waals surface area contributed by atoms with Crippen LogP contribution < -0.4 is 0 Å². The van der Waals surface area contributed by atoms with Crippen LogP contribution in [0.2, 0.25) is 5.02 Å². The minimum absolute atomic E-state index is 0.516. The second-order valence-electron chi connectivity index (χ2n) is 3.95. The van der Waals surface area contributed by atoms with Crippen LogP contribution in [0, 0.1) is 10.7 Å². The molecule has 0 aliphatic heterocycles. The van der Waals surface area contributed by atoms with E-state index in [0.717, 1.165) is 22.3 Å². The lowest BCUT2D eigenvalue weighted by molar-refractivity contribution is 0.522. The molecule has 2 aromatic heterocycles. The minimum Gasteiger partial charge on any atom is -0.299 e. The maximum atomic E-state index is 6.10. The summed E-state index contributed by atoms with van der Waals surface area (Å²) in [5.41, 5.74) is 0. The van der Waals surface area contributed by atoms with Gasteiger partial charge in [-0.2, -0.15) is 5.10 Å². The van der Waals surface area contributed by atoms with Crippen LogP contribution in [0.5, 0.6) is 0 Å². The molecule has 0 unspecified atom stereocenters. The highest BCUT2D eigenvalue weighted by molar-refractivity contribution is 7.71. The number of aromatic nitrogens is 3. The van der Waals surface area contributed by atoms with E-state index in [0.29, 0.717) is 10.7 Å². The lowest BCUT2D eigenvalue weighted by Gasteiger charge is -2.08. The van der Waals surface area contributed by atoms with Crippen LogP contribution in [0.4, 0.5) is 0 Å². The van der Waals surface area contributed by atoms with Gasteiger partial charge in [0.2, 0.25) is 0 Å². The smallest absolute Gasteiger partial charge is 0.195 e. The fraction of sp³-hybridized carbons (Fsp3) is 0.400. The third-order valence-corrected chi connectivity index (χ3v) is 3.78. The van der Waals surface area contributed by atoms with Gasteiger partial charge >= 0.3 is 0 Å². The molecule has 0 aliphatic carbocycles. The highest BCUT2D eigenvalue weighted by Crippen LogP contribution is 2.32. The molecule has 0 atom stereocenters. The van der Waals surface area contributed by atoms with Crippen LogP contribution >= 0.6 is 35.2 Å². The molecular weight excluding hydrogens is 262 g/mol. The Balaban J connectivity index is 2.50. The summed E-state index contributed by atoms with van der Waals surface area (Å²) in [6.07, 6.45) is 0. The summed E-state index contributed by atoms with van der Waals surface area (Å²) in [5, 5.41) is 9.75. The number of thiophene rings is 1. The van der Waals surface area contributed by atoms with Crippen molar-refractivity contribution in [2.45, 2.75) is 20.4 Å². The van der Waals surface area contributed by atoms with E-state index in [4.69, 9.17) is 23.8 Å². The van der Waals surface area contributed by atoms with Crippen molar-refractivity contribution in [1.82, 2.24) is 14.8 Å². The SMILES string of the molecule is CC(C)Cn1c(-c2sccc2Cl)n[nH]c1=S. The molecule has 1 N–H and O–H groups in total. The van der Waals surface area contributed by atoms with E-state index in [1.54, 1.807) is 11.3 Å². The quantitative estimate of drug-likeness (QED) is 0.859. The maximum absolute atomic E-state index is 6.10. The molecule has 0 aromatic carbocycles. The Hall–Kier alpha value is -0.650. The molecule has 0 saturated carbocycles. The van der Waals surface area contributed by atoms with Crippen molar-refractivity contribution in [3.05, 3.63) is 21.2 Å². The topological polar surface area (TPSA) is 33.6 Å². The number of nitrogens with one attached hydrogen (secondary N) is 1. The molecule has 0 amide bonds. The molecule has 6 heteroatoms. The fourth-order valence-corrected chi connectivity index (χ4v) is 2.82. The Bertz CT molecular complexity index is 538. The van der Waals surface area contributed by atoms with Crippen LogP contribution in [-0.4, -0.2) is 14.8 Å². The van der Waals surface area contributed by atoms with Gasteiger partial charge in [0, 0.05) is 6.54 Å². The number of H-pyrrole nitrogens is 1. The van der Waals surface area contributed by atoms with Gasteiger partial charge in [0.15, 0.2) is 10.6 Å². The summed E-state index contributed by atoms with van der Waals surface area (Å²) in [4.78, 5) is 0.967. The van der Waals surface area contributed by atoms with Gasteiger partial charge in [-0.05, 0) is 29.6 Å². The maximum Gasteiger partial charge on any atom is 0.195 e. The van der Waals surface area contributed by atoms with Crippen molar-refractivity contribution in [2.24, 2.45) is 5.92 Å². The van der Waals surface area contributed by atoms with Crippen LogP contribution in [-0.2, 0) is 6.54 Å². The van der Waals surface area contributed by atoms with E-state index < -0.39 is 0 Å². The van der Waals surface area contributed by atoms with Crippen molar-refractivity contribution in [3.8, 4) is 10.7 Å². The van der Waals surface area contributed by atoms with Crippen molar-refractivity contribution in [3.63, 3.8) is 0 Å². The van der Waals surface area contributed by atoms with Crippen LogP contribution in [0.25, 0.3) is 10.7 Å². The number of aromatic amines is 1. The predicted octanol–water partition coefficient (Wildman–Crippen LogP) is 3.98. The van der Waals surface area contributed by atoms with Crippen molar-refractivity contribution in [2.75, 3.05) is 0 Å². The van der Waals surface area contributed by atoms with E-state index in [1.165, 1.54) is 0 Å². The van der Waals surface area contributed by atoms with Crippen LogP contribution in [0.3, 0.4) is 0 Å². The first-order valence-electron chi connectivity index (χ1n) is 4.98. The highest BCUT2D eigenvalue weighted by Gasteiger charge is 2.14. The Morgan fingerprint density at radius 1 is 1.62 bits per heavy atom. The molecular formula is C10H12ClN3S2. The summed E-state index contributed by atoms with van der Waals surface area (Å²) in [5.74, 6) is 1.35. The van der Waals surface area contributed by atoms with E-state index in [1.807, 2.05) is 16.0 Å². The zero-order valence-electron chi connectivity index (χ0n) is 9.03. The molecule has 2 heterocycles. The first-order chi connectivity index (χ1) is 7.59. The van der Waals surface area contributed by atoms with E-state index in [-0.39, 0.29) is 0 Å². The summed E-state index contributed by atoms with van der Waals surface area (Å²) >= 11 is 12.9. The molecule has 0 radical (unpaired) electrons. The first kappa shape index (κ1) is 11.8. The van der Waals surface area contributed by atoms with Gasteiger partial charge in [-0.25, -0.2) is 0 Å². The average molecular weight is 274 g/mol. The standard InChI is InChI=1S/C10H12ClN3S2/c1-6(2)5-14-9(12-13-10(14)15)8-7(11)3-4-16-8/h3-4,6H,5H2,1-2H3,(H,13,15). The average Bonchev–Trinajstić information content (AvgIpc) is 2.75. The largest absolute Gasteiger partial charge is 0.299 e. The van der Waals surface area contributed by atoms with Gasteiger partial charge in [0.1, 0.15) is 0 Å². The van der Waals surface area contributed by atoms with E-state index in [9.17, 15) is 0 Å². The van der Waals surface area contributed by atoms with E-state index in [2.05, 4.69) is 24.0 Å². The van der Waals surface area contributed by atoms with Crippen LogP contribution in [0.1, 0.15) is 13.8 Å². The van der Waals surface area contributed by atoms with Crippen molar-refractivity contribution in [1.29, 1.82) is 0 Å². The van der Waals surface area contributed by atoms with Gasteiger partial charge in [-0.15, -0.1) is 11.3 Å². The Morgan fingerprint density at radius 3 is 2.94 bits per heavy atom. The molecule has 0 spiro atoms. The number of halogens is 1. The normalized spacial score (nSPS) is 11.2. The van der Waals surface area contributed by atoms with Crippen LogP contribution in [0.15, 0.2) is 11.4 Å². The first-order valence-corrected chi connectivity index (χ1v) is 6.64. The number of rotatable bonds is 3. The number of hydrogen-bond donors (Lipinski definition) is 1. The molecule has 3 nitrogen and oxygen atoms in total. The third kappa shape index (κ3) is 2.21. The summed E-state index contributed by atoms with van der Waals surface area (Å²) in [6.45, 7) is 5.14. The lowest BCUT2D eigenvalue weighted by atomic mass is 10.2. The Morgan fingerprint density at radius 2 is 2.38 bits per heavy atom. The van der Waals surface area contributed by atoms with Gasteiger partial charge in [0.25, 0.3) is 0 Å². The summed E-state index contributed by atoms with van der Waals surface area (Å²) < 4.78 is 2.64. The summed E-state index contributed by atoms with van der Waals surface area (Å²) in [7, 11) is 0. The monoisotopic (exact) mass is 273 g/mol. The van der Waals surface area contributed by atoms with E-state index >= 15 is 0 Å². The van der Waals surface area contributed by atoms with Crippen molar-refractivity contribution >= 4 is 35.2 Å². The Kier molecular flexibility index (Phi) is 3.47. The van der Waals surface area contributed by atoms with Gasteiger partial charge in [-0.3, -0.25) is 9.67 Å². The molecule has 0 fully saturated rings. The van der Waals surface area contributed by atoms with Gasteiger partial charge in [-0.1, -0.05) is 25.4 Å². The van der Waals surface area contributed by atoms with Gasteiger partial charge < -0.3 is 0 Å². The number of hydrogen-bond acceptors (Lipinski definition) is 3. The molecule has 0 saturated heterocycles. The fourth-order valence-electron chi connectivity index (χ4n) is 1.48. The van der Waals surface area contributed by atoms with Crippen molar-refractivity contribution < 1.29 is 0 Å². The minimum atomic E-state index is 0.516. The molecule has 0 aliphatic rings. The highest BCUT2D eigenvalue weighted by atomic mass is 35.5. The second-order valence-corrected chi connectivity index (χ2v) is 5.66. The molecule has 16 heavy (non-hydrogen) atoms. The second kappa shape index (κ2) is 4.69. The zero-order valence-corrected chi connectivity index (χ0v) is 11.4. The molecule has 0 bridgehead atoms. The zero-order chi connectivity index (χ0) is 11.7. The van der Waals surface area contributed by atoms with Gasteiger partial charge in [0.05, 0.1) is 9.90 Å². The number of nitrogens with zero attached hydrogens (tertiary/aromatic N) is 2. The summed E-state index contributed by atoms with van der Waals surface area (Å²) in [6, 6.07) is 1.87. The molecule has 86 valence electrons. The Labute approximate surface area is 108 Å². The third-order valence-electron chi connectivity index (χ3n) is 2.13. The lowest BCUT2D eigenvalue weighted by Crippen LogP contribution is -2.06. The molecule has 2 aromatic rings.